The highest BCUT2D eigenvalue weighted by atomic mass is 35.5. The van der Waals surface area contributed by atoms with Crippen molar-refractivity contribution in [2.45, 2.75) is 50.5 Å². The van der Waals surface area contributed by atoms with Gasteiger partial charge in [0.2, 0.25) is 5.95 Å². The lowest BCUT2D eigenvalue weighted by atomic mass is 10.2. The van der Waals surface area contributed by atoms with Gasteiger partial charge >= 0.3 is 0 Å². The Morgan fingerprint density at radius 3 is 2.58 bits per heavy atom. The van der Waals surface area contributed by atoms with E-state index in [1.54, 1.807) is 12.1 Å². The van der Waals surface area contributed by atoms with Crippen molar-refractivity contribution in [2.75, 3.05) is 10.6 Å². The molecule has 0 atom stereocenters. The Balaban J connectivity index is 1.62. The second-order valence-corrected chi connectivity index (χ2v) is 7.03. The number of benzene rings is 1. The second-order valence-electron chi connectivity index (χ2n) is 6.62. The van der Waals surface area contributed by atoms with Crippen molar-refractivity contribution >= 4 is 29.1 Å². The smallest absolute Gasteiger partial charge is 0.225 e. The summed E-state index contributed by atoms with van der Waals surface area (Å²) in [5.74, 6) is 1.31. The fraction of sp³-hybridized carbons (Fsp3) is 0.444. The number of nitrogens with one attached hydrogen (secondary N) is 2. The molecule has 0 bridgehead atoms. The standard InChI is InChI=1S/C18H20ClFN4/c19-13-6-3-7-14(20)17(13)23-16-10-15(11-8-9-11)22-18(24-16)21-12-4-1-2-5-12/h3,6-7,10-12H,1-2,4-5,8-9H2,(H2,21,22,23,24). The number of hydrogen-bond donors (Lipinski definition) is 2. The molecule has 2 N–H and O–H groups in total. The van der Waals surface area contributed by atoms with Gasteiger partial charge in [-0.15, -0.1) is 0 Å². The topological polar surface area (TPSA) is 49.8 Å². The summed E-state index contributed by atoms with van der Waals surface area (Å²) in [5, 5.41) is 6.80. The van der Waals surface area contributed by atoms with E-state index in [-0.39, 0.29) is 11.5 Å². The number of halogens is 2. The average molecular weight is 347 g/mol. The second kappa shape index (κ2) is 6.55. The van der Waals surface area contributed by atoms with Gasteiger partial charge in [0.15, 0.2) is 0 Å². The van der Waals surface area contributed by atoms with Crippen molar-refractivity contribution in [2.24, 2.45) is 0 Å². The predicted octanol–water partition coefficient (Wildman–Crippen LogP) is 5.24. The Morgan fingerprint density at radius 1 is 1.08 bits per heavy atom. The third kappa shape index (κ3) is 3.46. The molecule has 24 heavy (non-hydrogen) atoms. The number of nitrogens with zero attached hydrogens (tertiary/aromatic N) is 2. The van der Waals surface area contributed by atoms with E-state index in [9.17, 15) is 4.39 Å². The van der Waals surface area contributed by atoms with E-state index >= 15 is 0 Å². The van der Waals surface area contributed by atoms with Crippen LogP contribution in [-0.4, -0.2) is 16.0 Å². The van der Waals surface area contributed by atoms with E-state index in [0.717, 1.165) is 31.4 Å². The summed E-state index contributed by atoms with van der Waals surface area (Å²) in [7, 11) is 0. The minimum absolute atomic E-state index is 0.256. The molecular weight excluding hydrogens is 327 g/mol. The lowest BCUT2D eigenvalue weighted by Crippen LogP contribution is -2.17. The maximum Gasteiger partial charge on any atom is 0.225 e. The molecular formula is C18H20ClFN4. The lowest BCUT2D eigenvalue weighted by Gasteiger charge is -2.15. The highest BCUT2D eigenvalue weighted by Gasteiger charge is 2.27. The van der Waals surface area contributed by atoms with Gasteiger partial charge in [0.1, 0.15) is 11.6 Å². The van der Waals surface area contributed by atoms with Crippen molar-refractivity contribution < 1.29 is 4.39 Å². The third-order valence-corrected chi connectivity index (χ3v) is 4.96. The largest absolute Gasteiger partial charge is 0.351 e. The van der Waals surface area contributed by atoms with Crippen molar-refractivity contribution in [1.82, 2.24) is 9.97 Å². The molecule has 2 aliphatic rings. The molecule has 0 saturated heterocycles. The van der Waals surface area contributed by atoms with E-state index in [1.165, 1.54) is 18.9 Å². The van der Waals surface area contributed by atoms with Gasteiger partial charge in [0, 0.05) is 18.0 Å². The molecule has 1 heterocycles. The zero-order chi connectivity index (χ0) is 16.5. The highest BCUT2D eigenvalue weighted by Crippen LogP contribution is 2.40. The molecule has 0 radical (unpaired) electrons. The molecule has 1 aromatic heterocycles. The first-order chi connectivity index (χ1) is 11.7. The molecule has 1 aromatic carbocycles. The summed E-state index contributed by atoms with van der Waals surface area (Å²) < 4.78 is 14.0. The van der Waals surface area contributed by atoms with Crippen molar-refractivity contribution in [3.63, 3.8) is 0 Å². The van der Waals surface area contributed by atoms with Crippen molar-refractivity contribution in [1.29, 1.82) is 0 Å². The number of rotatable bonds is 5. The minimum Gasteiger partial charge on any atom is -0.351 e. The fourth-order valence-corrected chi connectivity index (χ4v) is 3.39. The van der Waals surface area contributed by atoms with E-state index in [2.05, 4.69) is 20.6 Å². The highest BCUT2D eigenvalue weighted by molar-refractivity contribution is 6.33. The average Bonchev–Trinajstić information content (AvgIpc) is 3.30. The van der Waals surface area contributed by atoms with Crippen LogP contribution in [0.1, 0.15) is 50.1 Å². The number of para-hydroxylation sites is 1. The monoisotopic (exact) mass is 346 g/mol. The van der Waals surface area contributed by atoms with E-state index < -0.39 is 0 Å². The first-order valence-corrected chi connectivity index (χ1v) is 8.93. The summed E-state index contributed by atoms with van der Waals surface area (Å²) in [4.78, 5) is 9.18. The number of anilines is 3. The van der Waals surface area contributed by atoms with Crippen molar-refractivity contribution in [3.8, 4) is 0 Å². The minimum atomic E-state index is -0.389. The Kier molecular flexibility index (Phi) is 4.27. The van der Waals surface area contributed by atoms with Crippen LogP contribution in [0, 0.1) is 5.82 Å². The molecule has 4 nitrogen and oxygen atoms in total. The zero-order valence-electron chi connectivity index (χ0n) is 13.4. The Bertz CT molecular complexity index is 722. The van der Waals surface area contributed by atoms with Crippen LogP contribution >= 0.6 is 11.6 Å². The van der Waals surface area contributed by atoms with E-state index in [4.69, 9.17) is 11.6 Å². The summed E-state index contributed by atoms with van der Waals surface area (Å²) in [5.41, 5.74) is 1.27. The zero-order valence-corrected chi connectivity index (χ0v) is 14.1. The predicted molar refractivity (Wildman–Crippen MR) is 94.6 cm³/mol. The first-order valence-electron chi connectivity index (χ1n) is 8.55. The molecule has 0 aliphatic heterocycles. The lowest BCUT2D eigenvalue weighted by molar-refractivity contribution is 0.632. The van der Waals surface area contributed by atoms with Gasteiger partial charge in [-0.3, -0.25) is 0 Å². The van der Waals surface area contributed by atoms with Gasteiger partial charge in [0.25, 0.3) is 0 Å². The van der Waals surface area contributed by atoms with Crippen LogP contribution in [0.5, 0.6) is 0 Å². The molecule has 4 rings (SSSR count). The van der Waals surface area contributed by atoms with Crippen LogP contribution in [0.3, 0.4) is 0 Å². The van der Waals surface area contributed by atoms with Crippen LogP contribution in [0.15, 0.2) is 24.3 Å². The SMILES string of the molecule is Fc1cccc(Cl)c1Nc1cc(C2CC2)nc(NC2CCCC2)n1. The summed E-state index contributed by atoms with van der Waals surface area (Å²) in [6.45, 7) is 0. The van der Waals surface area contributed by atoms with Gasteiger partial charge in [-0.25, -0.2) is 9.37 Å². The van der Waals surface area contributed by atoms with Crippen LogP contribution in [0.2, 0.25) is 5.02 Å². The summed E-state index contributed by atoms with van der Waals surface area (Å²) in [6.07, 6.45) is 7.10. The molecule has 2 aliphatic carbocycles. The van der Waals surface area contributed by atoms with Gasteiger partial charge in [-0.05, 0) is 37.8 Å². The van der Waals surface area contributed by atoms with Crippen LogP contribution in [-0.2, 0) is 0 Å². The van der Waals surface area contributed by atoms with E-state index in [0.29, 0.717) is 28.7 Å². The number of aromatic nitrogens is 2. The van der Waals surface area contributed by atoms with E-state index in [1.807, 2.05) is 6.07 Å². The molecule has 6 heteroatoms. The van der Waals surface area contributed by atoms with Gasteiger partial charge in [0.05, 0.1) is 16.4 Å². The maximum atomic E-state index is 14.0. The Morgan fingerprint density at radius 2 is 1.88 bits per heavy atom. The summed E-state index contributed by atoms with van der Waals surface area (Å²) >= 11 is 6.11. The third-order valence-electron chi connectivity index (χ3n) is 4.65. The van der Waals surface area contributed by atoms with Gasteiger partial charge in [-0.2, -0.15) is 4.98 Å². The first kappa shape index (κ1) is 15.6. The summed E-state index contributed by atoms with van der Waals surface area (Å²) in [6, 6.07) is 6.97. The van der Waals surface area contributed by atoms with Crippen LogP contribution in [0.4, 0.5) is 21.8 Å². The maximum absolute atomic E-state index is 14.0. The molecule has 0 amide bonds. The Hall–Kier alpha value is -1.88. The van der Waals surface area contributed by atoms with Crippen LogP contribution < -0.4 is 10.6 Å². The molecule has 2 fully saturated rings. The molecule has 2 saturated carbocycles. The van der Waals surface area contributed by atoms with Crippen molar-refractivity contribution in [3.05, 3.63) is 40.8 Å². The van der Waals surface area contributed by atoms with Crippen LogP contribution in [0.25, 0.3) is 0 Å². The quantitative estimate of drug-likeness (QED) is 0.776. The molecule has 0 spiro atoms. The molecule has 126 valence electrons. The van der Waals surface area contributed by atoms with Gasteiger partial charge in [-0.1, -0.05) is 30.5 Å². The number of hydrogen-bond acceptors (Lipinski definition) is 4. The fourth-order valence-electron chi connectivity index (χ4n) is 3.18. The van der Waals surface area contributed by atoms with Gasteiger partial charge < -0.3 is 10.6 Å². The molecule has 0 unspecified atom stereocenters. The molecule has 2 aromatic rings. The Labute approximate surface area is 145 Å². The normalized spacial score (nSPS) is 17.9.